The van der Waals surface area contributed by atoms with E-state index in [0.29, 0.717) is 10.8 Å². The number of halogens is 4. The Hall–Kier alpha value is -2.30. The summed E-state index contributed by atoms with van der Waals surface area (Å²) in [5.41, 5.74) is -1.02. The SMILES string of the molecule is CC(C)(Oc1ccc(Cl)cc1)C(=O)Nc1ccc(S(=O)(=O)NCC(F)(F)F)cc1. The van der Waals surface area contributed by atoms with Gasteiger partial charge in [0.1, 0.15) is 12.3 Å². The number of rotatable bonds is 7. The van der Waals surface area contributed by atoms with Crippen molar-refractivity contribution in [3.8, 4) is 5.75 Å². The fourth-order valence-electron chi connectivity index (χ4n) is 2.10. The van der Waals surface area contributed by atoms with Crippen LogP contribution in [0.15, 0.2) is 53.4 Å². The summed E-state index contributed by atoms with van der Waals surface area (Å²) in [6.07, 6.45) is -4.67. The highest BCUT2D eigenvalue weighted by Crippen LogP contribution is 2.23. The lowest BCUT2D eigenvalue weighted by atomic mass is 10.1. The molecule has 0 aliphatic heterocycles. The molecule has 2 rings (SSSR count). The van der Waals surface area contributed by atoms with Crippen LogP contribution in [0.25, 0.3) is 0 Å². The lowest BCUT2D eigenvalue weighted by Crippen LogP contribution is -2.42. The van der Waals surface area contributed by atoms with Gasteiger partial charge in [0, 0.05) is 10.7 Å². The molecule has 158 valence electrons. The van der Waals surface area contributed by atoms with Crippen LogP contribution >= 0.6 is 11.6 Å². The Labute approximate surface area is 171 Å². The zero-order valence-electron chi connectivity index (χ0n) is 15.4. The van der Waals surface area contributed by atoms with E-state index in [1.807, 2.05) is 0 Å². The summed E-state index contributed by atoms with van der Waals surface area (Å²) in [7, 11) is -4.33. The minimum atomic E-state index is -4.67. The van der Waals surface area contributed by atoms with E-state index in [2.05, 4.69) is 5.32 Å². The number of alkyl halides is 3. The van der Waals surface area contributed by atoms with Crippen molar-refractivity contribution in [3.05, 3.63) is 53.6 Å². The number of amides is 1. The quantitative estimate of drug-likeness (QED) is 0.668. The van der Waals surface area contributed by atoms with Gasteiger partial charge in [-0.15, -0.1) is 0 Å². The first-order chi connectivity index (χ1) is 13.3. The predicted molar refractivity (Wildman–Crippen MR) is 102 cm³/mol. The fraction of sp³-hybridized carbons (Fsp3) is 0.278. The Balaban J connectivity index is 2.04. The average Bonchev–Trinajstić information content (AvgIpc) is 2.62. The van der Waals surface area contributed by atoms with Gasteiger partial charge >= 0.3 is 6.18 Å². The summed E-state index contributed by atoms with van der Waals surface area (Å²) in [6, 6.07) is 11.1. The van der Waals surface area contributed by atoms with Gasteiger partial charge < -0.3 is 10.1 Å². The highest BCUT2D eigenvalue weighted by Gasteiger charge is 2.31. The third-order valence-corrected chi connectivity index (χ3v) is 5.29. The lowest BCUT2D eigenvalue weighted by molar-refractivity contribution is -0.128. The number of sulfonamides is 1. The second kappa shape index (κ2) is 8.60. The van der Waals surface area contributed by atoms with Crippen molar-refractivity contribution in [2.45, 2.75) is 30.5 Å². The lowest BCUT2D eigenvalue weighted by Gasteiger charge is -2.25. The van der Waals surface area contributed by atoms with Gasteiger partial charge in [-0.2, -0.15) is 13.2 Å². The van der Waals surface area contributed by atoms with Crippen molar-refractivity contribution in [1.29, 1.82) is 0 Å². The molecule has 11 heteroatoms. The normalized spacial score (nSPS) is 12.5. The second-order valence-corrected chi connectivity index (χ2v) is 8.69. The first kappa shape index (κ1) is 23.0. The molecule has 6 nitrogen and oxygen atoms in total. The summed E-state index contributed by atoms with van der Waals surface area (Å²) < 4.78 is 67.5. The Morgan fingerprint density at radius 3 is 2.10 bits per heavy atom. The fourth-order valence-corrected chi connectivity index (χ4v) is 3.24. The number of anilines is 1. The predicted octanol–water partition coefficient (Wildman–Crippen LogP) is 3.98. The topological polar surface area (TPSA) is 84.5 Å². The van der Waals surface area contributed by atoms with Gasteiger partial charge in [-0.05, 0) is 62.4 Å². The standard InChI is InChI=1S/C18H18ClF3N2O4S/c1-17(2,28-14-7-3-12(19)4-8-14)16(25)24-13-5-9-15(10-6-13)29(26,27)23-11-18(20,21)22/h3-10,23H,11H2,1-2H3,(H,24,25). The molecule has 0 saturated carbocycles. The van der Waals surface area contributed by atoms with Crippen LogP contribution in [0.2, 0.25) is 5.02 Å². The zero-order valence-corrected chi connectivity index (χ0v) is 17.0. The summed E-state index contributed by atoms with van der Waals surface area (Å²) in [6.45, 7) is 1.40. The van der Waals surface area contributed by atoms with Gasteiger partial charge in [0.05, 0.1) is 4.90 Å². The van der Waals surface area contributed by atoms with E-state index < -0.39 is 34.3 Å². The van der Waals surface area contributed by atoms with Crippen molar-refractivity contribution in [2.24, 2.45) is 0 Å². The third-order valence-electron chi connectivity index (χ3n) is 3.62. The van der Waals surface area contributed by atoms with E-state index in [1.165, 1.54) is 30.7 Å². The molecular weight excluding hydrogens is 433 g/mol. The number of nitrogens with one attached hydrogen (secondary N) is 2. The Morgan fingerprint density at radius 1 is 1.03 bits per heavy atom. The van der Waals surface area contributed by atoms with Crippen LogP contribution in [-0.4, -0.2) is 32.6 Å². The van der Waals surface area contributed by atoms with Crippen LogP contribution < -0.4 is 14.8 Å². The highest BCUT2D eigenvalue weighted by molar-refractivity contribution is 7.89. The minimum absolute atomic E-state index is 0.248. The molecule has 2 N–H and O–H groups in total. The summed E-state index contributed by atoms with van der Waals surface area (Å²) in [5.74, 6) is -0.0926. The van der Waals surface area contributed by atoms with Gasteiger partial charge in [0.2, 0.25) is 10.0 Å². The molecule has 29 heavy (non-hydrogen) atoms. The maximum atomic E-state index is 12.5. The molecule has 0 aromatic heterocycles. The van der Waals surface area contributed by atoms with Crippen molar-refractivity contribution < 1.29 is 31.1 Å². The first-order valence-corrected chi connectivity index (χ1v) is 10.1. The maximum absolute atomic E-state index is 12.5. The summed E-state index contributed by atoms with van der Waals surface area (Å²) in [4.78, 5) is 12.1. The third kappa shape index (κ3) is 6.91. The van der Waals surface area contributed by atoms with Crippen molar-refractivity contribution >= 4 is 33.2 Å². The largest absolute Gasteiger partial charge is 0.478 e. The van der Waals surface area contributed by atoms with Crippen LogP contribution in [0.1, 0.15) is 13.8 Å². The first-order valence-electron chi connectivity index (χ1n) is 8.21. The summed E-state index contributed by atoms with van der Waals surface area (Å²) in [5, 5.41) is 3.08. The Morgan fingerprint density at radius 2 is 1.59 bits per heavy atom. The van der Waals surface area contributed by atoms with Crippen LogP contribution in [0, 0.1) is 0 Å². The monoisotopic (exact) mass is 450 g/mol. The molecule has 0 bridgehead atoms. The second-order valence-electron chi connectivity index (χ2n) is 6.48. The van der Waals surface area contributed by atoms with E-state index in [9.17, 15) is 26.4 Å². The molecule has 0 aliphatic carbocycles. The smallest absolute Gasteiger partial charge is 0.402 e. The highest BCUT2D eigenvalue weighted by atomic mass is 35.5. The van der Waals surface area contributed by atoms with E-state index in [0.717, 1.165) is 12.1 Å². The van der Waals surface area contributed by atoms with Crippen molar-refractivity contribution in [2.75, 3.05) is 11.9 Å². The molecule has 0 heterocycles. The zero-order chi connectivity index (χ0) is 21.9. The molecule has 0 atom stereocenters. The molecule has 0 aliphatic rings. The van der Waals surface area contributed by atoms with Gasteiger partial charge in [-0.25, -0.2) is 13.1 Å². The average molecular weight is 451 g/mol. The van der Waals surface area contributed by atoms with Crippen molar-refractivity contribution in [1.82, 2.24) is 4.72 Å². The maximum Gasteiger partial charge on any atom is 0.402 e. The number of hydrogen-bond acceptors (Lipinski definition) is 4. The van der Waals surface area contributed by atoms with E-state index >= 15 is 0 Å². The van der Waals surface area contributed by atoms with Gasteiger partial charge in [0.25, 0.3) is 5.91 Å². The van der Waals surface area contributed by atoms with Crippen LogP contribution in [-0.2, 0) is 14.8 Å². The Bertz CT molecular complexity index is 960. The number of ether oxygens (including phenoxy) is 1. The molecule has 0 radical (unpaired) electrons. The van der Waals surface area contributed by atoms with Crippen molar-refractivity contribution in [3.63, 3.8) is 0 Å². The number of hydrogen-bond donors (Lipinski definition) is 2. The van der Waals surface area contributed by atoms with Crippen LogP contribution in [0.4, 0.5) is 18.9 Å². The molecule has 0 spiro atoms. The molecule has 0 saturated heterocycles. The molecular formula is C18H18ClF3N2O4S. The number of benzene rings is 2. The van der Waals surface area contributed by atoms with E-state index in [-0.39, 0.29) is 10.6 Å². The molecule has 1 amide bonds. The number of carbonyl (C=O) groups excluding carboxylic acids is 1. The van der Waals surface area contributed by atoms with E-state index in [4.69, 9.17) is 16.3 Å². The summed E-state index contributed by atoms with van der Waals surface area (Å²) >= 11 is 5.80. The van der Waals surface area contributed by atoms with Gasteiger partial charge in [-0.1, -0.05) is 11.6 Å². The minimum Gasteiger partial charge on any atom is -0.478 e. The Kier molecular flexibility index (Phi) is 6.82. The van der Waals surface area contributed by atoms with Crippen LogP contribution in [0.3, 0.4) is 0 Å². The molecule has 0 fully saturated rings. The molecule has 2 aromatic rings. The molecule has 0 unspecified atom stereocenters. The molecule has 2 aromatic carbocycles. The van der Waals surface area contributed by atoms with Crippen LogP contribution in [0.5, 0.6) is 5.75 Å². The van der Waals surface area contributed by atoms with Gasteiger partial charge in [0.15, 0.2) is 5.60 Å². The van der Waals surface area contributed by atoms with E-state index in [1.54, 1.807) is 24.3 Å². The van der Waals surface area contributed by atoms with Gasteiger partial charge in [-0.3, -0.25) is 4.79 Å². The number of carbonyl (C=O) groups is 1.